The maximum absolute atomic E-state index is 11.9. The summed E-state index contributed by atoms with van der Waals surface area (Å²) < 4.78 is 25.5. The van der Waals surface area contributed by atoms with Gasteiger partial charge < -0.3 is 10.2 Å². The van der Waals surface area contributed by atoms with Crippen LogP contribution in [0.25, 0.3) is 0 Å². The second kappa shape index (κ2) is 9.19. The molecule has 0 unspecified atom stereocenters. The summed E-state index contributed by atoms with van der Waals surface area (Å²) >= 11 is 0. The van der Waals surface area contributed by atoms with Crippen LogP contribution < -0.4 is 0 Å². The number of hydrogen-bond acceptors (Lipinski definition) is 5. The van der Waals surface area contributed by atoms with Gasteiger partial charge in [-0.3, -0.25) is 4.90 Å². The molecule has 0 radical (unpaired) electrons. The van der Waals surface area contributed by atoms with Gasteiger partial charge in [0.25, 0.3) is 0 Å². The molecular formula is C14H26N2O6S. The van der Waals surface area contributed by atoms with Crippen LogP contribution in [0.3, 0.4) is 0 Å². The van der Waals surface area contributed by atoms with Crippen LogP contribution >= 0.6 is 0 Å². The first kappa shape index (κ1) is 19.9. The zero-order valence-corrected chi connectivity index (χ0v) is 14.3. The Kier molecular flexibility index (Phi) is 7.93. The van der Waals surface area contributed by atoms with Gasteiger partial charge in [0.2, 0.25) is 10.0 Å². The fourth-order valence-electron chi connectivity index (χ4n) is 3.00. The maximum Gasteiger partial charge on any atom is 0.414 e. The third kappa shape index (κ3) is 6.44. The molecule has 8 nitrogen and oxygen atoms in total. The summed E-state index contributed by atoms with van der Waals surface area (Å²) in [6.07, 6.45) is 6.02. The lowest BCUT2D eigenvalue weighted by Gasteiger charge is -2.37. The first-order valence-corrected chi connectivity index (χ1v) is 9.57. The first-order valence-electron chi connectivity index (χ1n) is 7.96. The summed E-state index contributed by atoms with van der Waals surface area (Å²) in [5.41, 5.74) is 0. The van der Waals surface area contributed by atoms with E-state index in [1.165, 1.54) is 25.7 Å². The smallest absolute Gasteiger partial charge is 0.414 e. The van der Waals surface area contributed by atoms with Crippen LogP contribution in [-0.2, 0) is 19.6 Å². The third-order valence-electron chi connectivity index (χ3n) is 4.15. The molecule has 0 spiro atoms. The molecule has 1 aliphatic carbocycles. The highest BCUT2D eigenvalue weighted by atomic mass is 32.2. The van der Waals surface area contributed by atoms with E-state index in [1.807, 2.05) is 6.92 Å². The molecule has 1 saturated carbocycles. The summed E-state index contributed by atoms with van der Waals surface area (Å²) in [7, 11) is -2.97. The second-order valence-electron chi connectivity index (χ2n) is 5.80. The fourth-order valence-corrected chi connectivity index (χ4v) is 4.50. The second-order valence-corrected chi connectivity index (χ2v) is 7.89. The van der Waals surface area contributed by atoms with Crippen LogP contribution in [0.15, 0.2) is 0 Å². The highest BCUT2D eigenvalue weighted by Gasteiger charge is 2.30. The Balaban J connectivity index is 0.000000379. The molecule has 1 heterocycles. The number of carboxylic acid groups (broad SMARTS) is 2. The van der Waals surface area contributed by atoms with E-state index in [-0.39, 0.29) is 0 Å². The summed E-state index contributed by atoms with van der Waals surface area (Å²) in [4.78, 5) is 20.7. The molecule has 1 saturated heterocycles. The molecule has 0 aromatic carbocycles. The SMILES string of the molecule is CCCS(=O)(=O)N1CCN(C2CCCC2)CC1.O=C(O)C(=O)O. The summed E-state index contributed by atoms with van der Waals surface area (Å²) in [6.45, 7) is 5.16. The predicted octanol–water partition coefficient (Wildman–Crippen LogP) is 0.442. The van der Waals surface area contributed by atoms with Crippen molar-refractivity contribution in [3.05, 3.63) is 0 Å². The van der Waals surface area contributed by atoms with E-state index < -0.39 is 22.0 Å². The van der Waals surface area contributed by atoms with E-state index in [2.05, 4.69) is 4.90 Å². The number of aliphatic carboxylic acids is 2. The zero-order valence-electron chi connectivity index (χ0n) is 13.5. The molecule has 23 heavy (non-hydrogen) atoms. The van der Waals surface area contributed by atoms with Crippen molar-refractivity contribution >= 4 is 22.0 Å². The van der Waals surface area contributed by atoms with Gasteiger partial charge in [-0.1, -0.05) is 19.8 Å². The van der Waals surface area contributed by atoms with Gasteiger partial charge in [-0.15, -0.1) is 0 Å². The molecule has 2 aliphatic rings. The lowest BCUT2D eigenvalue weighted by molar-refractivity contribution is -0.159. The Morgan fingerprint density at radius 1 is 1.00 bits per heavy atom. The van der Waals surface area contributed by atoms with Crippen molar-refractivity contribution in [2.75, 3.05) is 31.9 Å². The van der Waals surface area contributed by atoms with Gasteiger partial charge >= 0.3 is 11.9 Å². The molecule has 2 fully saturated rings. The average molecular weight is 350 g/mol. The Hall–Kier alpha value is -1.19. The first-order chi connectivity index (χ1) is 10.8. The number of carbonyl (C=O) groups is 2. The molecule has 0 aromatic rings. The van der Waals surface area contributed by atoms with Gasteiger partial charge in [-0.25, -0.2) is 18.0 Å². The van der Waals surface area contributed by atoms with Crippen molar-refractivity contribution in [1.29, 1.82) is 0 Å². The molecule has 2 rings (SSSR count). The quantitative estimate of drug-likeness (QED) is 0.707. The van der Waals surface area contributed by atoms with Gasteiger partial charge in [0.05, 0.1) is 5.75 Å². The Morgan fingerprint density at radius 2 is 1.48 bits per heavy atom. The standard InChI is InChI=1S/C12H24N2O2S.C2H2O4/c1-2-11-17(15,16)14-9-7-13(8-10-14)12-5-3-4-6-12;3-1(4)2(5)6/h12H,2-11H2,1H3;(H,3,4)(H,5,6). The number of nitrogens with zero attached hydrogens (tertiary/aromatic N) is 2. The molecule has 2 N–H and O–H groups in total. The molecule has 134 valence electrons. The van der Waals surface area contributed by atoms with E-state index in [4.69, 9.17) is 19.8 Å². The monoisotopic (exact) mass is 350 g/mol. The van der Waals surface area contributed by atoms with Crippen molar-refractivity contribution in [2.45, 2.75) is 45.1 Å². The Labute approximate surface area is 137 Å². The van der Waals surface area contributed by atoms with Crippen LogP contribution in [0.2, 0.25) is 0 Å². The van der Waals surface area contributed by atoms with E-state index in [0.29, 0.717) is 25.3 Å². The average Bonchev–Trinajstić information content (AvgIpc) is 3.02. The van der Waals surface area contributed by atoms with E-state index in [9.17, 15) is 8.42 Å². The van der Waals surface area contributed by atoms with Crippen LogP contribution in [0, 0.1) is 0 Å². The number of rotatable bonds is 4. The Morgan fingerprint density at radius 3 is 1.87 bits per heavy atom. The van der Waals surface area contributed by atoms with Crippen molar-refractivity contribution in [1.82, 2.24) is 9.21 Å². The summed E-state index contributed by atoms with van der Waals surface area (Å²) in [6, 6.07) is 0.728. The van der Waals surface area contributed by atoms with Gasteiger partial charge in [-0.05, 0) is 19.3 Å². The molecule has 9 heteroatoms. The van der Waals surface area contributed by atoms with E-state index in [0.717, 1.165) is 19.1 Å². The number of sulfonamides is 1. The molecule has 0 atom stereocenters. The molecule has 1 aliphatic heterocycles. The summed E-state index contributed by atoms with van der Waals surface area (Å²) in [5, 5.41) is 14.8. The lowest BCUT2D eigenvalue weighted by Crippen LogP contribution is -2.51. The lowest BCUT2D eigenvalue weighted by atomic mass is 10.2. The van der Waals surface area contributed by atoms with Crippen molar-refractivity contribution in [3.8, 4) is 0 Å². The van der Waals surface area contributed by atoms with E-state index >= 15 is 0 Å². The highest BCUT2D eigenvalue weighted by Crippen LogP contribution is 2.24. The van der Waals surface area contributed by atoms with Crippen LogP contribution in [-0.4, -0.2) is 77.7 Å². The minimum atomic E-state index is -2.97. The zero-order chi connectivity index (χ0) is 17.5. The fraction of sp³-hybridized carbons (Fsp3) is 0.857. The van der Waals surface area contributed by atoms with Crippen molar-refractivity contribution < 1.29 is 28.2 Å². The van der Waals surface area contributed by atoms with Crippen molar-refractivity contribution in [3.63, 3.8) is 0 Å². The highest BCUT2D eigenvalue weighted by molar-refractivity contribution is 7.89. The van der Waals surface area contributed by atoms with E-state index in [1.54, 1.807) is 4.31 Å². The van der Waals surface area contributed by atoms with Crippen LogP contribution in [0.1, 0.15) is 39.0 Å². The minimum Gasteiger partial charge on any atom is -0.473 e. The van der Waals surface area contributed by atoms with Gasteiger partial charge in [0.1, 0.15) is 0 Å². The summed E-state index contributed by atoms with van der Waals surface area (Å²) in [5.74, 6) is -3.35. The minimum absolute atomic E-state index is 0.302. The topological polar surface area (TPSA) is 115 Å². The molecule has 0 amide bonds. The van der Waals surface area contributed by atoms with Gasteiger partial charge in [0, 0.05) is 32.2 Å². The molecular weight excluding hydrogens is 324 g/mol. The number of piperazine rings is 1. The third-order valence-corrected chi connectivity index (χ3v) is 6.23. The van der Waals surface area contributed by atoms with Gasteiger partial charge in [0.15, 0.2) is 0 Å². The predicted molar refractivity (Wildman–Crippen MR) is 84.8 cm³/mol. The van der Waals surface area contributed by atoms with Crippen LogP contribution in [0.4, 0.5) is 0 Å². The van der Waals surface area contributed by atoms with Gasteiger partial charge in [-0.2, -0.15) is 4.31 Å². The largest absolute Gasteiger partial charge is 0.473 e. The van der Waals surface area contributed by atoms with Crippen LogP contribution in [0.5, 0.6) is 0 Å². The number of carboxylic acids is 2. The maximum atomic E-state index is 11.9. The number of hydrogen-bond donors (Lipinski definition) is 2. The normalized spacial score (nSPS) is 20.7. The molecule has 0 bridgehead atoms. The Bertz CT molecular complexity index is 481. The van der Waals surface area contributed by atoms with Crippen molar-refractivity contribution in [2.24, 2.45) is 0 Å². The molecule has 0 aromatic heterocycles.